The second-order valence-corrected chi connectivity index (χ2v) is 4.11. The number of hydrogen-bond acceptors (Lipinski definition) is 4. The van der Waals surface area contributed by atoms with Crippen molar-refractivity contribution in [1.82, 2.24) is 19.6 Å². The van der Waals surface area contributed by atoms with Gasteiger partial charge in [0.25, 0.3) is 5.91 Å². The van der Waals surface area contributed by atoms with Crippen LogP contribution in [0.2, 0.25) is 0 Å². The highest BCUT2D eigenvalue weighted by atomic mass is 16.2. The summed E-state index contributed by atoms with van der Waals surface area (Å²) in [4.78, 5) is 26.7. The van der Waals surface area contributed by atoms with Crippen LogP contribution < -0.4 is 5.73 Å². The van der Waals surface area contributed by atoms with Crippen molar-refractivity contribution in [1.29, 1.82) is 0 Å². The van der Waals surface area contributed by atoms with Gasteiger partial charge in [0.1, 0.15) is 17.9 Å². The molecule has 0 aromatic carbocycles. The first-order valence-corrected chi connectivity index (χ1v) is 5.31. The van der Waals surface area contributed by atoms with Gasteiger partial charge in [0, 0.05) is 27.2 Å². The number of nitrogen functional groups attached to an aromatic ring is 1. The van der Waals surface area contributed by atoms with E-state index in [4.69, 9.17) is 5.73 Å². The number of aryl methyl sites for hydroxylation is 1. The first kappa shape index (κ1) is 11.4. The van der Waals surface area contributed by atoms with Gasteiger partial charge in [-0.3, -0.25) is 14.3 Å². The van der Waals surface area contributed by atoms with E-state index < -0.39 is 0 Å². The van der Waals surface area contributed by atoms with Crippen molar-refractivity contribution in [2.45, 2.75) is 0 Å². The summed E-state index contributed by atoms with van der Waals surface area (Å²) in [5, 5.41) is 3.91. The molecule has 1 aromatic heterocycles. The summed E-state index contributed by atoms with van der Waals surface area (Å²) in [7, 11) is 3.39. The Balaban J connectivity index is 2.16. The zero-order valence-electron chi connectivity index (χ0n) is 9.88. The molecule has 1 aliphatic heterocycles. The summed E-state index contributed by atoms with van der Waals surface area (Å²) in [5.74, 6) is 0.0190. The van der Waals surface area contributed by atoms with Crippen molar-refractivity contribution < 1.29 is 9.59 Å². The van der Waals surface area contributed by atoms with Gasteiger partial charge in [-0.15, -0.1) is 0 Å². The molecule has 1 aromatic rings. The standard InChI is InChI=1S/C10H15N5O2/c1-13-3-4-15(6-8(13)16)10(17)7-5-12-14(2)9(7)11/h5H,3-4,6,11H2,1-2H3. The summed E-state index contributed by atoms with van der Waals surface area (Å²) in [6.07, 6.45) is 1.43. The molecule has 0 aliphatic carbocycles. The van der Waals surface area contributed by atoms with Crippen LogP contribution in [0.25, 0.3) is 0 Å². The molecule has 2 rings (SSSR count). The largest absolute Gasteiger partial charge is 0.383 e. The number of likely N-dealkylation sites (N-methyl/N-ethyl adjacent to an activating group) is 1. The molecule has 2 N–H and O–H groups in total. The normalized spacial score (nSPS) is 16.5. The predicted molar refractivity (Wildman–Crippen MR) is 61.2 cm³/mol. The maximum Gasteiger partial charge on any atom is 0.259 e. The number of amides is 2. The maximum absolute atomic E-state index is 12.1. The van der Waals surface area contributed by atoms with Crippen LogP contribution in [0.4, 0.5) is 5.82 Å². The van der Waals surface area contributed by atoms with Crippen molar-refractivity contribution >= 4 is 17.6 Å². The van der Waals surface area contributed by atoms with Gasteiger partial charge >= 0.3 is 0 Å². The minimum Gasteiger partial charge on any atom is -0.383 e. The number of piperazine rings is 1. The molecule has 17 heavy (non-hydrogen) atoms. The lowest BCUT2D eigenvalue weighted by molar-refractivity contribution is -0.133. The predicted octanol–water partition coefficient (Wildman–Crippen LogP) is -1.08. The van der Waals surface area contributed by atoms with E-state index in [2.05, 4.69) is 5.10 Å². The number of rotatable bonds is 1. The Kier molecular flexibility index (Phi) is 2.74. The van der Waals surface area contributed by atoms with Crippen LogP contribution >= 0.6 is 0 Å². The van der Waals surface area contributed by atoms with E-state index in [1.165, 1.54) is 15.8 Å². The first-order valence-electron chi connectivity index (χ1n) is 5.31. The Morgan fingerprint density at radius 2 is 2.12 bits per heavy atom. The molecule has 2 amide bonds. The molecule has 7 heteroatoms. The van der Waals surface area contributed by atoms with Crippen molar-refractivity contribution in [3.8, 4) is 0 Å². The number of anilines is 1. The molecule has 0 atom stereocenters. The minimum absolute atomic E-state index is 0.0629. The van der Waals surface area contributed by atoms with E-state index >= 15 is 0 Å². The number of carbonyl (C=O) groups excluding carboxylic acids is 2. The maximum atomic E-state index is 12.1. The zero-order chi connectivity index (χ0) is 12.6. The lowest BCUT2D eigenvalue weighted by Crippen LogP contribution is -2.50. The van der Waals surface area contributed by atoms with Gasteiger partial charge in [0.05, 0.1) is 6.20 Å². The summed E-state index contributed by atoms with van der Waals surface area (Å²) in [5.41, 5.74) is 6.08. The van der Waals surface area contributed by atoms with Crippen molar-refractivity contribution in [2.75, 3.05) is 32.4 Å². The molecule has 7 nitrogen and oxygen atoms in total. The highest BCUT2D eigenvalue weighted by molar-refractivity contribution is 6.00. The third-order valence-corrected chi connectivity index (χ3v) is 2.96. The number of nitrogens with zero attached hydrogens (tertiary/aromatic N) is 4. The van der Waals surface area contributed by atoms with E-state index in [1.54, 1.807) is 19.0 Å². The van der Waals surface area contributed by atoms with Crippen LogP contribution in [0.15, 0.2) is 6.20 Å². The highest BCUT2D eigenvalue weighted by Crippen LogP contribution is 2.14. The third-order valence-electron chi connectivity index (χ3n) is 2.96. The Morgan fingerprint density at radius 3 is 2.65 bits per heavy atom. The fraction of sp³-hybridized carbons (Fsp3) is 0.500. The summed E-state index contributed by atoms with van der Waals surface area (Å²) in [6, 6.07) is 0. The number of aromatic nitrogens is 2. The third kappa shape index (κ3) is 1.95. The summed E-state index contributed by atoms with van der Waals surface area (Å²) < 4.78 is 1.44. The summed E-state index contributed by atoms with van der Waals surface area (Å²) >= 11 is 0. The van der Waals surface area contributed by atoms with Gasteiger partial charge in [0.15, 0.2) is 0 Å². The van der Waals surface area contributed by atoms with Crippen LogP contribution in [-0.2, 0) is 11.8 Å². The van der Waals surface area contributed by atoms with Crippen LogP contribution in [-0.4, -0.2) is 58.1 Å². The number of nitrogens with two attached hydrogens (primary N) is 1. The van der Waals surface area contributed by atoms with E-state index in [0.717, 1.165) is 0 Å². The molecule has 0 unspecified atom stereocenters. The van der Waals surface area contributed by atoms with Gasteiger partial charge in [-0.05, 0) is 0 Å². The number of hydrogen-bond donors (Lipinski definition) is 1. The van der Waals surface area contributed by atoms with Gasteiger partial charge in [-0.1, -0.05) is 0 Å². The second-order valence-electron chi connectivity index (χ2n) is 4.11. The van der Waals surface area contributed by atoms with Gasteiger partial charge in [0.2, 0.25) is 5.91 Å². The average Bonchev–Trinajstić information content (AvgIpc) is 2.63. The molecule has 0 bridgehead atoms. The van der Waals surface area contributed by atoms with Gasteiger partial charge in [-0.2, -0.15) is 5.10 Å². The molecule has 0 spiro atoms. The van der Waals surface area contributed by atoms with E-state index in [1.807, 2.05) is 0 Å². The molecular weight excluding hydrogens is 222 g/mol. The molecule has 0 radical (unpaired) electrons. The fourth-order valence-corrected chi connectivity index (χ4v) is 1.71. The molecule has 92 valence electrons. The van der Waals surface area contributed by atoms with E-state index in [-0.39, 0.29) is 18.4 Å². The molecule has 1 fully saturated rings. The summed E-state index contributed by atoms with van der Waals surface area (Å²) in [6.45, 7) is 1.17. The fourth-order valence-electron chi connectivity index (χ4n) is 1.71. The smallest absolute Gasteiger partial charge is 0.259 e. The molecule has 0 saturated carbocycles. The van der Waals surface area contributed by atoms with Crippen LogP contribution in [0, 0.1) is 0 Å². The zero-order valence-corrected chi connectivity index (χ0v) is 9.88. The van der Waals surface area contributed by atoms with Crippen molar-refractivity contribution in [2.24, 2.45) is 7.05 Å². The average molecular weight is 237 g/mol. The van der Waals surface area contributed by atoms with Crippen LogP contribution in [0.5, 0.6) is 0 Å². The molecular formula is C10H15N5O2. The Labute approximate surface area is 98.8 Å². The van der Waals surface area contributed by atoms with E-state index in [0.29, 0.717) is 24.5 Å². The molecule has 1 aliphatic rings. The second kappa shape index (κ2) is 4.08. The SMILES string of the molecule is CN1CCN(C(=O)c2cnn(C)c2N)CC1=O. The number of carbonyl (C=O) groups is 2. The Hall–Kier alpha value is -2.05. The van der Waals surface area contributed by atoms with Crippen molar-refractivity contribution in [3.05, 3.63) is 11.8 Å². The lowest BCUT2D eigenvalue weighted by Gasteiger charge is -2.31. The van der Waals surface area contributed by atoms with Crippen LogP contribution in [0.3, 0.4) is 0 Å². The highest BCUT2D eigenvalue weighted by Gasteiger charge is 2.27. The molecule has 2 heterocycles. The molecule has 1 saturated heterocycles. The van der Waals surface area contributed by atoms with Gasteiger partial charge in [-0.25, -0.2) is 0 Å². The van der Waals surface area contributed by atoms with Gasteiger partial charge < -0.3 is 15.5 Å². The Bertz CT molecular complexity index is 467. The van der Waals surface area contributed by atoms with Crippen LogP contribution in [0.1, 0.15) is 10.4 Å². The quantitative estimate of drug-likeness (QED) is 0.673. The van der Waals surface area contributed by atoms with Crippen molar-refractivity contribution in [3.63, 3.8) is 0 Å². The monoisotopic (exact) mass is 237 g/mol. The topological polar surface area (TPSA) is 84.5 Å². The first-order chi connectivity index (χ1) is 8.00. The Morgan fingerprint density at radius 1 is 1.41 bits per heavy atom. The lowest BCUT2D eigenvalue weighted by atomic mass is 10.2. The minimum atomic E-state index is -0.239. The van der Waals surface area contributed by atoms with E-state index in [9.17, 15) is 9.59 Å².